The van der Waals surface area contributed by atoms with Gasteiger partial charge in [-0.2, -0.15) is 0 Å². The molecule has 1 aliphatic rings. The molecule has 0 saturated heterocycles. The first-order chi connectivity index (χ1) is 13.5. The molecule has 0 fully saturated rings. The third kappa shape index (κ3) is 4.77. The van der Waals surface area contributed by atoms with Gasteiger partial charge < -0.3 is 20.1 Å². The quantitative estimate of drug-likeness (QED) is 0.696. The van der Waals surface area contributed by atoms with Gasteiger partial charge in [-0.3, -0.25) is 4.79 Å². The molecule has 5 nitrogen and oxygen atoms in total. The van der Waals surface area contributed by atoms with Crippen LogP contribution in [0.3, 0.4) is 0 Å². The van der Waals surface area contributed by atoms with E-state index in [4.69, 9.17) is 9.47 Å². The van der Waals surface area contributed by atoms with Crippen molar-refractivity contribution in [1.82, 2.24) is 0 Å². The summed E-state index contributed by atoms with van der Waals surface area (Å²) in [5.74, 6) is 2.21. The first-order valence-electron chi connectivity index (χ1n) is 10.0. The molecule has 0 aliphatic carbocycles. The van der Waals surface area contributed by atoms with Crippen molar-refractivity contribution in [2.45, 2.75) is 46.0 Å². The van der Waals surface area contributed by atoms with E-state index in [2.05, 4.69) is 56.5 Å². The standard InChI is InChI=1S/C23H30N2O3/c1-15(2)18-6-5-7-19(16(3)4)23(18)24-11-10-22(26)25-17-8-9-20-21(14-17)28-13-12-27-20/h5-9,14-16,24H,10-13H2,1-4H3,(H,25,26). The number of fused-ring (bicyclic) bond motifs is 1. The fourth-order valence-corrected chi connectivity index (χ4v) is 3.40. The molecule has 0 radical (unpaired) electrons. The Kier molecular flexibility index (Phi) is 6.45. The zero-order valence-corrected chi connectivity index (χ0v) is 17.2. The number of anilines is 2. The zero-order chi connectivity index (χ0) is 20.1. The van der Waals surface area contributed by atoms with Gasteiger partial charge >= 0.3 is 0 Å². The minimum Gasteiger partial charge on any atom is -0.486 e. The van der Waals surface area contributed by atoms with Gasteiger partial charge in [0.15, 0.2) is 11.5 Å². The molecule has 0 bridgehead atoms. The van der Waals surface area contributed by atoms with Gasteiger partial charge in [-0.25, -0.2) is 0 Å². The molecule has 28 heavy (non-hydrogen) atoms. The minimum absolute atomic E-state index is 0.0303. The van der Waals surface area contributed by atoms with Crippen LogP contribution in [0.25, 0.3) is 0 Å². The number of ether oxygens (including phenoxy) is 2. The molecule has 150 valence electrons. The van der Waals surface area contributed by atoms with Gasteiger partial charge in [-0.1, -0.05) is 45.9 Å². The number of carbonyl (C=O) groups is 1. The Morgan fingerprint density at radius 2 is 1.61 bits per heavy atom. The van der Waals surface area contributed by atoms with Crippen LogP contribution in [0.15, 0.2) is 36.4 Å². The Balaban J connectivity index is 1.60. The van der Waals surface area contributed by atoms with E-state index in [0.29, 0.717) is 43.8 Å². The van der Waals surface area contributed by atoms with Crippen molar-refractivity contribution < 1.29 is 14.3 Å². The number of para-hydroxylation sites is 1. The summed E-state index contributed by atoms with van der Waals surface area (Å²) in [7, 11) is 0. The van der Waals surface area contributed by atoms with Crippen molar-refractivity contribution >= 4 is 17.3 Å². The highest BCUT2D eigenvalue weighted by molar-refractivity contribution is 5.91. The molecular formula is C23H30N2O3. The second-order valence-electron chi connectivity index (χ2n) is 7.70. The van der Waals surface area contributed by atoms with Crippen LogP contribution >= 0.6 is 0 Å². The van der Waals surface area contributed by atoms with E-state index in [9.17, 15) is 4.79 Å². The van der Waals surface area contributed by atoms with Crippen molar-refractivity contribution in [2.75, 3.05) is 30.4 Å². The maximum absolute atomic E-state index is 12.4. The Morgan fingerprint density at radius 1 is 0.964 bits per heavy atom. The molecule has 0 spiro atoms. The summed E-state index contributed by atoms with van der Waals surface area (Å²) in [5, 5.41) is 6.44. The molecule has 1 aliphatic heterocycles. The minimum atomic E-state index is -0.0303. The topological polar surface area (TPSA) is 59.6 Å². The summed E-state index contributed by atoms with van der Waals surface area (Å²) >= 11 is 0. The molecule has 0 atom stereocenters. The molecule has 1 heterocycles. The highest BCUT2D eigenvalue weighted by Crippen LogP contribution is 2.33. The van der Waals surface area contributed by atoms with Crippen molar-refractivity contribution in [1.29, 1.82) is 0 Å². The predicted molar refractivity (Wildman–Crippen MR) is 114 cm³/mol. The number of amides is 1. The highest BCUT2D eigenvalue weighted by Gasteiger charge is 2.15. The smallest absolute Gasteiger partial charge is 0.226 e. The SMILES string of the molecule is CC(C)c1cccc(C(C)C)c1NCCC(=O)Nc1ccc2c(c1)OCCO2. The molecule has 5 heteroatoms. The van der Waals surface area contributed by atoms with Crippen molar-refractivity contribution in [2.24, 2.45) is 0 Å². The molecule has 2 aromatic rings. The van der Waals surface area contributed by atoms with E-state index in [1.807, 2.05) is 18.2 Å². The molecular weight excluding hydrogens is 352 g/mol. The van der Waals surface area contributed by atoms with Crippen LogP contribution in [0, 0.1) is 0 Å². The third-order valence-electron chi connectivity index (χ3n) is 4.85. The maximum Gasteiger partial charge on any atom is 0.226 e. The fourth-order valence-electron chi connectivity index (χ4n) is 3.40. The van der Waals surface area contributed by atoms with Crippen LogP contribution in [0.1, 0.15) is 57.1 Å². The summed E-state index contributed by atoms with van der Waals surface area (Å²) in [5.41, 5.74) is 4.47. The van der Waals surface area contributed by atoms with Crippen molar-refractivity contribution in [3.63, 3.8) is 0 Å². The Bertz CT molecular complexity index is 804. The summed E-state index contributed by atoms with van der Waals surface area (Å²) in [6.45, 7) is 10.4. The lowest BCUT2D eigenvalue weighted by Gasteiger charge is -2.21. The lowest BCUT2D eigenvalue weighted by molar-refractivity contribution is -0.115. The molecule has 0 saturated carbocycles. The number of rotatable bonds is 7. The van der Waals surface area contributed by atoms with Crippen molar-refractivity contribution in [3.8, 4) is 11.5 Å². The van der Waals surface area contributed by atoms with E-state index < -0.39 is 0 Å². The summed E-state index contributed by atoms with van der Waals surface area (Å²) in [6.07, 6.45) is 0.387. The van der Waals surface area contributed by atoms with Crippen LogP contribution in [-0.2, 0) is 4.79 Å². The number of hydrogen-bond acceptors (Lipinski definition) is 4. The lowest BCUT2D eigenvalue weighted by atomic mass is 9.92. The van der Waals surface area contributed by atoms with Gasteiger partial charge in [-0.15, -0.1) is 0 Å². The molecule has 2 aromatic carbocycles. The predicted octanol–water partition coefficient (Wildman–Crippen LogP) is 5.15. The van der Waals surface area contributed by atoms with Crippen LogP contribution in [0.2, 0.25) is 0 Å². The summed E-state index contributed by atoms with van der Waals surface area (Å²) in [4.78, 5) is 12.4. The van der Waals surface area contributed by atoms with Gasteiger partial charge in [0.25, 0.3) is 0 Å². The number of hydrogen-bond donors (Lipinski definition) is 2. The lowest BCUT2D eigenvalue weighted by Crippen LogP contribution is -2.18. The Hall–Kier alpha value is -2.69. The summed E-state index contributed by atoms with van der Waals surface area (Å²) in [6, 6.07) is 11.9. The number of benzene rings is 2. The van der Waals surface area contributed by atoms with Gasteiger partial charge in [0.2, 0.25) is 5.91 Å². The molecule has 1 amide bonds. The van der Waals surface area contributed by atoms with E-state index in [-0.39, 0.29) is 5.91 Å². The largest absolute Gasteiger partial charge is 0.486 e. The van der Waals surface area contributed by atoms with Gasteiger partial charge in [0, 0.05) is 30.4 Å². The van der Waals surface area contributed by atoms with Crippen LogP contribution < -0.4 is 20.1 Å². The molecule has 2 N–H and O–H groups in total. The Morgan fingerprint density at radius 3 is 2.25 bits per heavy atom. The number of carbonyl (C=O) groups excluding carboxylic acids is 1. The van der Waals surface area contributed by atoms with Crippen molar-refractivity contribution in [3.05, 3.63) is 47.5 Å². The average molecular weight is 383 g/mol. The first-order valence-corrected chi connectivity index (χ1v) is 10.0. The van der Waals surface area contributed by atoms with E-state index >= 15 is 0 Å². The second-order valence-corrected chi connectivity index (χ2v) is 7.70. The van der Waals surface area contributed by atoms with E-state index in [1.54, 1.807) is 0 Å². The summed E-state index contributed by atoms with van der Waals surface area (Å²) < 4.78 is 11.1. The van der Waals surface area contributed by atoms with Crippen LogP contribution in [-0.4, -0.2) is 25.7 Å². The second kappa shape index (κ2) is 9.00. The normalized spacial score (nSPS) is 12.9. The van der Waals surface area contributed by atoms with Crippen LogP contribution in [0.5, 0.6) is 11.5 Å². The average Bonchev–Trinajstić information content (AvgIpc) is 2.67. The van der Waals surface area contributed by atoms with E-state index in [1.165, 1.54) is 16.8 Å². The monoisotopic (exact) mass is 382 g/mol. The first kappa shape index (κ1) is 20.1. The fraction of sp³-hybridized carbons (Fsp3) is 0.435. The molecule has 0 aromatic heterocycles. The van der Waals surface area contributed by atoms with Gasteiger partial charge in [-0.05, 0) is 35.1 Å². The highest BCUT2D eigenvalue weighted by atomic mass is 16.6. The maximum atomic E-state index is 12.4. The van der Waals surface area contributed by atoms with Gasteiger partial charge in [0.1, 0.15) is 13.2 Å². The van der Waals surface area contributed by atoms with E-state index in [0.717, 1.165) is 11.4 Å². The molecule has 3 rings (SSSR count). The zero-order valence-electron chi connectivity index (χ0n) is 17.2. The van der Waals surface area contributed by atoms with Crippen LogP contribution in [0.4, 0.5) is 11.4 Å². The Labute approximate surface area is 167 Å². The number of nitrogens with one attached hydrogen (secondary N) is 2. The van der Waals surface area contributed by atoms with Gasteiger partial charge in [0.05, 0.1) is 0 Å². The molecule has 0 unspecified atom stereocenters. The third-order valence-corrected chi connectivity index (χ3v) is 4.85.